The second-order valence-corrected chi connectivity index (χ2v) is 12.1. The number of benzene rings is 4. The van der Waals surface area contributed by atoms with Gasteiger partial charge in [-0.2, -0.15) is 0 Å². The average Bonchev–Trinajstić information content (AvgIpc) is 3.02. The van der Waals surface area contributed by atoms with E-state index < -0.39 is 41.6 Å². The van der Waals surface area contributed by atoms with Crippen LogP contribution in [0.5, 0.6) is 0 Å². The minimum absolute atomic E-state index is 0.196. The largest absolute Gasteiger partial charge is 0.444 e. The van der Waals surface area contributed by atoms with Crippen molar-refractivity contribution < 1.29 is 19.1 Å². The second kappa shape index (κ2) is 14.6. The van der Waals surface area contributed by atoms with Gasteiger partial charge in [0, 0.05) is 23.7 Å². The van der Waals surface area contributed by atoms with Crippen LogP contribution in [0.3, 0.4) is 0 Å². The zero-order valence-electron chi connectivity index (χ0n) is 26.5. The molecule has 4 rings (SSSR count). The number of nitrogens with zero attached hydrogens (tertiary/aromatic N) is 1. The molecule has 45 heavy (non-hydrogen) atoms. The molecule has 3 amide bonds. The summed E-state index contributed by atoms with van der Waals surface area (Å²) in [5.41, 5.74) is 1.68. The summed E-state index contributed by atoms with van der Waals surface area (Å²) < 4.78 is 5.54. The van der Waals surface area contributed by atoms with Crippen molar-refractivity contribution in [2.24, 2.45) is 0 Å². The van der Waals surface area contributed by atoms with Crippen LogP contribution in [0.25, 0.3) is 10.8 Å². The highest BCUT2D eigenvalue weighted by Gasteiger charge is 2.39. The number of hydrogen-bond donors (Lipinski definition) is 2. The smallest absolute Gasteiger partial charge is 0.408 e. The first-order valence-electron chi connectivity index (χ1n) is 15.2. The molecule has 7 nitrogen and oxygen atoms in total. The zero-order chi connectivity index (χ0) is 32.6. The van der Waals surface area contributed by atoms with E-state index in [1.165, 1.54) is 0 Å². The van der Waals surface area contributed by atoms with Gasteiger partial charge in [-0.15, -0.1) is 6.42 Å². The predicted octanol–water partition coefficient (Wildman–Crippen LogP) is 7.26. The third-order valence-corrected chi connectivity index (χ3v) is 7.55. The van der Waals surface area contributed by atoms with Crippen molar-refractivity contribution in [2.75, 3.05) is 5.32 Å². The maximum absolute atomic E-state index is 14.7. The van der Waals surface area contributed by atoms with Crippen molar-refractivity contribution in [3.05, 3.63) is 114 Å². The lowest BCUT2D eigenvalue weighted by Gasteiger charge is -2.38. The number of terminal acetylenes is 1. The molecule has 0 spiro atoms. The molecule has 0 aromatic heterocycles. The Morgan fingerprint density at radius 3 is 2.20 bits per heavy atom. The Hall–Kier alpha value is -5.09. The second-order valence-electron chi connectivity index (χ2n) is 12.1. The number of rotatable bonds is 10. The number of carbonyl (C=O) groups excluding carboxylic acids is 3. The SMILES string of the molecule is C#Cc1ccccc1C(C(=O)Nc1ccc2ccccc2c1)N(C(=O)C(Cc1ccccc1)NC(=O)OC(C)(C)C)C(C)CC. The molecule has 0 radical (unpaired) electrons. The van der Waals surface area contributed by atoms with Gasteiger partial charge in [-0.05, 0) is 74.2 Å². The summed E-state index contributed by atoms with van der Waals surface area (Å²) in [6.07, 6.45) is 5.94. The van der Waals surface area contributed by atoms with Gasteiger partial charge in [0.25, 0.3) is 5.91 Å². The first kappa shape index (κ1) is 32.8. The van der Waals surface area contributed by atoms with Crippen molar-refractivity contribution in [2.45, 2.75) is 71.2 Å². The average molecular weight is 604 g/mol. The minimum atomic E-state index is -1.09. The summed E-state index contributed by atoms with van der Waals surface area (Å²) in [5, 5.41) is 7.85. The Kier molecular flexibility index (Phi) is 10.6. The number of fused-ring (bicyclic) bond motifs is 1. The summed E-state index contributed by atoms with van der Waals surface area (Å²) in [5.74, 6) is 1.84. The Morgan fingerprint density at radius 2 is 1.53 bits per heavy atom. The minimum Gasteiger partial charge on any atom is -0.444 e. The summed E-state index contributed by atoms with van der Waals surface area (Å²) >= 11 is 0. The van der Waals surface area contributed by atoms with E-state index in [0.717, 1.165) is 16.3 Å². The van der Waals surface area contributed by atoms with Gasteiger partial charge in [-0.1, -0.05) is 91.7 Å². The highest BCUT2D eigenvalue weighted by atomic mass is 16.6. The van der Waals surface area contributed by atoms with Crippen LogP contribution in [0, 0.1) is 12.3 Å². The van der Waals surface area contributed by atoms with E-state index in [2.05, 4.69) is 16.6 Å². The van der Waals surface area contributed by atoms with Crippen molar-refractivity contribution in [1.29, 1.82) is 0 Å². The first-order valence-corrected chi connectivity index (χ1v) is 15.2. The van der Waals surface area contributed by atoms with Crippen LogP contribution in [-0.2, 0) is 20.7 Å². The van der Waals surface area contributed by atoms with Crippen molar-refractivity contribution in [3.8, 4) is 12.3 Å². The topological polar surface area (TPSA) is 87.7 Å². The van der Waals surface area contributed by atoms with Crippen LogP contribution in [0.1, 0.15) is 63.8 Å². The number of anilines is 1. The maximum Gasteiger partial charge on any atom is 0.408 e. The van der Waals surface area contributed by atoms with E-state index >= 15 is 0 Å². The number of carbonyl (C=O) groups is 3. The molecule has 4 aromatic carbocycles. The van der Waals surface area contributed by atoms with Crippen molar-refractivity contribution in [3.63, 3.8) is 0 Å². The van der Waals surface area contributed by atoms with Gasteiger partial charge in [0.05, 0.1) is 0 Å². The molecular formula is C38H41N3O4. The Labute approximate surface area is 266 Å². The van der Waals surface area contributed by atoms with Gasteiger partial charge in [0.2, 0.25) is 5.91 Å². The first-order chi connectivity index (χ1) is 21.5. The van der Waals surface area contributed by atoms with Gasteiger partial charge in [-0.3, -0.25) is 9.59 Å². The molecule has 0 saturated heterocycles. The predicted molar refractivity (Wildman–Crippen MR) is 180 cm³/mol. The molecule has 4 aromatic rings. The fourth-order valence-corrected chi connectivity index (χ4v) is 5.24. The lowest BCUT2D eigenvalue weighted by atomic mass is 9.94. The van der Waals surface area contributed by atoms with E-state index in [4.69, 9.17) is 11.2 Å². The number of ether oxygens (including phenoxy) is 1. The summed E-state index contributed by atoms with van der Waals surface area (Å²) in [4.78, 5) is 43.7. The molecule has 0 heterocycles. The fraction of sp³-hybridized carbons (Fsp3) is 0.289. The molecule has 0 bridgehead atoms. The molecule has 232 valence electrons. The van der Waals surface area contributed by atoms with Gasteiger partial charge in [-0.25, -0.2) is 4.79 Å². The Morgan fingerprint density at radius 1 is 0.889 bits per heavy atom. The van der Waals surface area contributed by atoms with Crippen LogP contribution >= 0.6 is 0 Å². The highest BCUT2D eigenvalue weighted by Crippen LogP contribution is 2.31. The van der Waals surface area contributed by atoms with Crippen LogP contribution in [0.2, 0.25) is 0 Å². The molecule has 0 aliphatic heterocycles. The van der Waals surface area contributed by atoms with Crippen molar-refractivity contribution >= 4 is 34.4 Å². The van der Waals surface area contributed by atoms with Gasteiger partial charge < -0.3 is 20.3 Å². The highest BCUT2D eigenvalue weighted by molar-refractivity contribution is 6.01. The number of amides is 3. The number of hydrogen-bond acceptors (Lipinski definition) is 4. The lowest BCUT2D eigenvalue weighted by Crippen LogP contribution is -2.55. The van der Waals surface area contributed by atoms with Crippen LogP contribution < -0.4 is 10.6 Å². The maximum atomic E-state index is 14.7. The van der Waals surface area contributed by atoms with E-state index in [1.54, 1.807) is 49.9 Å². The quantitative estimate of drug-likeness (QED) is 0.187. The standard InChI is InChI=1S/C38H41N3O4/c1-7-26(3)41(36(43)33(24-27-16-10-9-11-17-27)40-37(44)45-38(4,5)6)34(32-21-15-14-18-28(32)8-2)35(42)39-31-23-22-29-19-12-13-20-30(29)25-31/h2,9-23,25-26,33-34H,7,24H2,1,3-6H3,(H,39,42)(H,40,44). The number of alkyl carbamates (subject to hydrolysis) is 1. The van der Waals surface area contributed by atoms with E-state index in [9.17, 15) is 14.4 Å². The van der Waals surface area contributed by atoms with Crippen LogP contribution in [0.4, 0.5) is 10.5 Å². The summed E-state index contributed by atoms with van der Waals surface area (Å²) in [6.45, 7) is 9.12. The third-order valence-electron chi connectivity index (χ3n) is 7.55. The molecule has 3 atom stereocenters. The summed E-state index contributed by atoms with van der Waals surface area (Å²) in [7, 11) is 0. The van der Waals surface area contributed by atoms with E-state index in [0.29, 0.717) is 23.2 Å². The number of nitrogens with one attached hydrogen (secondary N) is 2. The monoisotopic (exact) mass is 603 g/mol. The lowest BCUT2D eigenvalue weighted by molar-refractivity contribution is -0.143. The molecule has 0 aliphatic carbocycles. The van der Waals surface area contributed by atoms with Crippen molar-refractivity contribution in [1.82, 2.24) is 10.2 Å². The third kappa shape index (κ3) is 8.51. The Bertz CT molecular complexity index is 1690. The summed E-state index contributed by atoms with van der Waals surface area (Å²) in [6, 6.07) is 27.6. The zero-order valence-corrected chi connectivity index (χ0v) is 26.5. The van der Waals surface area contributed by atoms with Crippen LogP contribution in [-0.4, -0.2) is 40.5 Å². The molecule has 0 fully saturated rings. The Balaban J connectivity index is 1.79. The van der Waals surface area contributed by atoms with Crippen LogP contribution in [0.15, 0.2) is 97.1 Å². The van der Waals surface area contributed by atoms with Gasteiger partial charge in [0.15, 0.2) is 0 Å². The van der Waals surface area contributed by atoms with E-state index in [-0.39, 0.29) is 6.42 Å². The molecule has 2 N–H and O–H groups in total. The van der Waals surface area contributed by atoms with Gasteiger partial charge in [0.1, 0.15) is 17.7 Å². The molecular weight excluding hydrogens is 562 g/mol. The normalized spacial score (nSPS) is 13.2. The van der Waals surface area contributed by atoms with Gasteiger partial charge >= 0.3 is 6.09 Å². The molecule has 0 aliphatic rings. The molecule has 7 heteroatoms. The fourth-order valence-electron chi connectivity index (χ4n) is 5.24. The van der Waals surface area contributed by atoms with E-state index in [1.807, 2.05) is 86.6 Å². The molecule has 0 saturated carbocycles. The molecule has 3 unspecified atom stereocenters.